The van der Waals surface area contributed by atoms with E-state index < -0.39 is 6.09 Å². The fourth-order valence-electron chi connectivity index (χ4n) is 1.75. The minimum absolute atomic E-state index is 0.236. The minimum atomic E-state index is -1.07. The molecule has 1 rings (SSSR count). The fraction of sp³-hybridized carbons (Fsp3) is 0.583. The fourth-order valence-corrected chi connectivity index (χ4v) is 1.75. The second-order valence-electron chi connectivity index (χ2n) is 4.12. The van der Waals surface area contributed by atoms with Crippen molar-refractivity contribution in [3.63, 3.8) is 0 Å². The Balaban J connectivity index is 2.48. The lowest BCUT2D eigenvalue weighted by molar-refractivity contribution is 0.125. The van der Waals surface area contributed by atoms with E-state index in [0.29, 0.717) is 19.0 Å². The maximum atomic E-state index is 10.2. The van der Waals surface area contributed by atoms with Gasteiger partial charge in [-0.05, 0) is 6.42 Å². The number of rotatable bonds is 8. The van der Waals surface area contributed by atoms with Crippen molar-refractivity contribution in [3.05, 3.63) is 11.5 Å². The Morgan fingerprint density at radius 2 is 2.35 bits per heavy atom. The second-order valence-corrected chi connectivity index (χ2v) is 4.12. The van der Waals surface area contributed by atoms with Crippen LogP contribution in [0.3, 0.4) is 0 Å². The van der Waals surface area contributed by atoms with Gasteiger partial charge in [0.2, 0.25) is 0 Å². The molecule has 1 aromatic heterocycles. The molecule has 0 aliphatic carbocycles. The molecule has 0 fully saturated rings. The molecule has 4 N–H and O–H groups in total. The molecule has 0 radical (unpaired) electrons. The number of imidazole rings is 1. The van der Waals surface area contributed by atoms with E-state index in [9.17, 15) is 4.79 Å². The molecular weight excluding hydrogens is 262 g/mol. The number of aryl methyl sites for hydroxylation is 1. The SMILES string of the molecule is CCCc1nc(C#N)c(N)n1CCOCCNC(=O)O. The van der Waals surface area contributed by atoms with Gasteiger partial charge in [0.05, 0.1) is 13.2 Å². The van der Waals surface area contributed by atoms with Crippen molar-refractivity contribution in [2.75, 3.05) is 25.5 Å². The van der Waals surface area contributed by atoms with Crippen molar-refractivity contribution < 1.29 is 14.6 Å². The number of nitrogens with two attached hydrogens (primary N) is 1. The number of hydrogen-bond donors (Lipinski definition) is 3. The predicted octanol–water partition coefficient (Wildman–Crippen LogP) is 0.574. The lowest BCUT2D eigenvalue weighted by Gasteiger charge is -2.09. The van der Waals surface area contributed by atoms with Crippen LogP contribution in [-0.2, 0) is 17.7 Å². The molecule has 1 aromatic rings. The molecule has 8 heteroatoms. The number of amides is 1. The number of carbonyl (C=O) groups is 1. The van der Waals surface area contributed by atoms with Gasteiger partial charge in [0.1, 0.15) is 17.7 Å². The molecular formula is C12H19N5O3. The van der Waals surface area contributed by atoms with E-state index in [1.807, 2.05) is 13.0 Å². The summed E-state index contributed by atoms with van der Waals surface area (Å²) in [4.78, 5) is 14.4. The number of nitrogen functional groups attached to an aromatic ring is 1. The van der Waals surface area contributed by atoms with Crippen LogP contribution in [0.1, 0.15) is 24.9 Å². The first kappa shape index (κ1) is 15.8. The topological polar surface area (TPSA) is 126 Å². The lowest BCUT2D eigenvalue weighted by atomic mass is 10.3. The van der Waals surface area contributed by atoms with E-state index in [1.54, 1.807) is 4.57 Å². The molecule has 0 unspecified atom stereocenters. The normalized spacial score (nSPS) is 10.2. The molecule has 0 saturated carbocycles. The van der Waals surface area contributed by atoms with Crippen LogP contribution in [-0.4, -0.2) is 40.5 Å². The zero-order chi connectivity index (χ0) is 15.0. The first-order chi connectivity index (χ1) is 9.60. The summed E-state index contributed by atoms with van der Waals surface area (Å²) in [7, 11) is 0. The van der Waals surface area contributed by atoms with Gasteiger partial charge in [-0.2, -0.15) is 5.26 Å². The van der Waals surface area contributed by atoms with Crippen LogP contribution < -0.4 is 11.1 Å². The highest BCUT2D eigenvalue weighted by Gasteiger charge is 2.13. The van der Waals surface area contributed by atoms with Gasteiger partial charge in [-0.3, -0.25) is 0 Å². The third-order valence-electron chi connectivity index (χ3n) is 2.65. The van der Waals surface area contributed by atoms with Crippen LogP contribution in [0.5, 0.6) is 0 Å². The number of carboxylic acid groups (broad SMARTS) is 1. The first-order valence-electron chi connectivity index (χ1n) is 6.39. The molecule has 0 bridgehead atoms. The highest BCUT2D eigenvalue weighted by Crippen LogP contribution is 2.15. The number of ether oxygens (including phenoxy) is 1. The second kappa shape index (κ2) is 8.01. The monoisotopic (exact) mass is 281 g/mol. The van der Waals surface area contributed by atoms with Crippen molar-refractivity contribution in [1.29, 1.82) is 5.26 Å². The van der Waals surface area contributed by atoms with Gasteiger partial charge in [0.15, 0.2) is 5.69 Å². The van der Waals surface area contributed by atoms with Crippen molar-refractivity contribution in [1.82, 2.24) is 14.9 Å². The maximum Gasteiger partial charge on any atom is 0.404 e. The third kappa shape index (κ3) is 4.44. The summed E-state index contributed by atoms with van der Waals surface area (Å²) >= 11 is 0. The number of nitriles is 1. The minimum Gasteiger partial charge on any atom is -0.465 e. The molecule has 1 amide bonds. The first-order valence-corrected chi connectivity index (χ1v) is 6.39. The van der Waals surface area contributed by atoms with E-state index in [-0.39, 0.29) is 18.8 Å². The van der Waals surface area contributed by atoms with Crippen LogP contribution in [0.4, 0.5) is 10.6 Å². The average Bonchev–Trinajstić information content (AvgIpc) is 2.70. The van der Waals surface area contributed by atoms with Gasteiger partial charge in [-0.15, -0.1) is 0 Å². The highest BCUT2D eigenvalue weighted by molar-refractivity contribution is 5.64. The van der Waals surface area contributed by atoms with Gasteiger partial charge >= 0.3 is 6.09 Å². The van der Waals surface area contributed by atoms with E-state index in [1.165, 1.54) is 0 Å². The molecule has 1 heterocycles. The van der Waals surface area contributed by atoms with Crippen molar-refractivity contribution >= 4 is 11.9 Å². The van der Waals surface area contributed by atoms with Gasteiger partial charge < -0.3 is 25.5 Å². The van der Waals surface area contributed by atoms with Crippen LogP contribution in [0.2, 0.25) is 0 Å². The Bertz CT molecular complexity index is 492. The molecule has 0 aliphatic rings. The highest BCUT2D eigenvalue weighted by atomic mass is 16.5. The molecule has 20 heavy (non-hydrogen) atoms. The van der Waals surface area contributed by atoms with Crippen LogP contribution in [0.15, 0.2) is 0 Å². The van der Waals surface area contributed by atoms with E-state index in [2.05, 4.69) is 10.3 Å². The predicted molar refractivity (Wildman–Crippen MR) is 72.2 cm³/mol. The molecule has 0 saturated heterocycles. The summed E-state index contributed by atoms with van der Waals surface area (Å²) in [5.74, 6) is 1.12. The van der Waals surface area contributed by atoms with Crippen LogP contribution in [0, 0.1) is 11.3 Å². The Kier molecular flexibility index (Phi) is 6.32. The largest absolute Gasteiger partial charge is 0.465 e. The Morgan fingerprint density at radius 1 is 1.60 bits per heavy atom. The van der Waals surface area contributed by atoms with E-state index in [4.69, 9.17) is 20.8 Å². The summed E-state index contributed by atoms with van der Waals surface area (Å²) in [6.45, 7) is 3.41. The molecule has 0 aliphatic heterocycles. The smallest absolute Gasteiger partial charge is 0.404 e. The number of nitrogens with one attached hydrogen (secondary N) is 1. The molecule has 110 valence electrons. The maximum absolute atomic E-state index is 10.2. The molecule has 0 aromatic carbocycles. The van der Waals surface area contributed by atoms with Crippen molar-refractivity contribution in [2.45, 2.75) is 26.3 Å². The van der Waals surface area contributed by atoms with E-state index in [0.717, 1.165) is 18.7 Å². The van der Waals surface area contributed by atoms with Crippen LogP contribution >= 0.6 is 0 Å². The zero-order valence-electron chi connectivity index (χ0n) is 11.4. The molecule has 0 spiro atoms. The Labute approximate surface area is 117 Å². The van der Waals surface area contributed by atoms with Crippen LogP contribution in [0.25, 0.3) is 0 Å². The third-order valence-corrected chi connectivity index (χ3v) is 2.65. The standard InChI is InChI=1S/C12H19N5O3/c1-2-3-10-16-9(8-13)11(14)17(10)5-7-20-6-4-15-12(18)19/h15H,2-7,14H2,1H3,(H,18,19). The van der Waals surface area contributed by atoms with Crippen molar-refractivity contribution in [3.8, 4) is 6.07 Å². The number of anilines is 1. The summed E-state index contributed by atoms with van der Waals surface area (Å²) in [5, 5.41) is 19.5. The average molecular weight is 281 g/mol. The quantitative estimate of drug-likeness (QED) is 0.598. The van der Waals surface area contributed by atoms with Crippen molar-refractivity contribution in [2.24, 2.45) is 0 Å². The Morgan fingerprint density at radius 3 is 2.95 bits per heavy atom. The molecule has 0 atom stereocenters. The van der Waals surface area contributed by atoms with Gasteiger partial charge in [-0.1, -0.05) is 6.92 Å². The summed E-state index contributed by atoms with van der Waals surface area (Å²) < 4.78 is 7.08. The van der Waals surface area contributed by atoms with Gasteiger partial charge in [-0.25, -0.2) is 9.78 Å². The summed E-state index contributed by atoms with van der Waals surface area (Å²) in [6.07, 6.45) is 0.577. The van der Waals surface area contributed by atoms with Gasteiger partial charge in [0, 0.05) is 19.5 Å². The number of aromatic nitrogens is 2. The van der Waals surface area contributed by atoms with E-state index >= 15 is 0 Å². The van der Waals surface area contributed by atoms with Gasteiger partial charge in [0.25, 0.3) is 0 Å². The molecule has 8 nitrogen and oxygen atoms in total. The number of hydrogen-bond acceptors (Lipinski definition) is 5. The lowest BCUT2D eigenvalue weighted by Crippen LogP contribution is -2.25. The Hall–Kier alpha value is -2.27. The number of nitrogens with zero attached hydrogens (tertiary/aromatic N) is 3. The summed E-state index contributed by atoms with van der Waals surface area (Å²) in [6, 6.07) is 1.96. The zero-order valence-corrected chi connectivity index (χ0v) is 11.4. The summed E-state index contributed by atoms with van der Waals surface area (Å²) in [5.41, 5.74) is 6.09.